The Bertz CT molecular complexity index is 2070. The maximum absolute atomic E-state index is 17.3. The van der Waals surface area contributed by atoms with E-state index >= 15 is 4.39 Å². The topological polar surface area (TPSA) is 107 Å². The van der Waals surface area contributed by atoms with Crippen molar-refractivity contribution in [2.75, 3.05) is 44.3 Å². The van der Waals surface area contributed by atoms with Crippen molar-refractivity contribution in [1.29, 1.82) is 5.26 Å². The van der Waals surface area contributed by atoms with Crippen LogP contribution in [0.4, 0.5) is 10.2 Å². The summed E-state index contributed by atoms with van der Waals surface area (Å²) in [4.78, 5) is 14.4. The molecule has 48 heavy (non-hydrogen) atoms. The van der Waals surface area contributed by atoms with Crippen LogP contribution in [0.1, 0.15) is 48.8 Å². The van der Waals surface area contributed by atoms with Crippen LogP contribution in [0.2, 0.25) is 0 Å². The highest BCUT2D eigenvalue weighted by molar-refractivity contribution is 6.06. The summed E-state index contributed by atoms with van der Waals surface area (Å²) in [5.74, 6) is 2.61. The minimum atomic E-state index is -0.665. The van der Waals surface area contributed by atoms with Crippen LogP contribution in [-0.2, 0) is 4.74 Å². The number of rotatable bonds is 7. The Balaban J connectivity index is 1.17. The number of aryl methyl sites for hydroxylation is 1. The van der Waals surface area contributed by atoms with Crippen molar-refractivity contribution in [3.05, 3.63) is 52.8 Å². The number of hydrogen-bond donors (Lipinski definition) is 2. The molecule has 2 N–H and O–H groups in total. The lowest BCUT2D eigenvalue weighted by Gasteiger charge is -2.34. The lowest BCUT2D eigenvalue weighted by molar-refractivity contribution is 0.0176. The highest BCUT2D eigenvalue weighted by Crippen LogP contribution is 2.48. The van der Waals surface area contributed by atoms with Crippen LogP contribution in [0.15, 0.2) is 30.3 Å². The number of nitrogens with zero attached hydrogens (tertiary/aromatic N) is 5. The van der Waals surface area contributed by atoms with Crippen molar-refractivity contribution < 1.29 is 19.0 Å². The molecule has 5 aliphatic rings. The summed E-state index contributed by atoms with van der Waals surface area (Å²) in [6.45, 7) is 6.50. The van der Waals surface area contributed by atoms with Crippen LogP contribution in [0.3, 0.4) is 0 Å². The summed E-state index contributed by atoms with van der Waals surface area (Å²) in [6, 6.07) is 12.0. The van der Waals surface area contributed by atoms with E-state index in [2.05, 4.69) is 27.1 Å². The van der Waals surface area contributed by atoms with E-state index in [1.54, 1.807) is 12.1 Å². The summed E-state index contributed by atoms with van der Waals surface area (Å²) in [5.41, 5.74) is 2.05. The van der Waals surface area contributed by atoms with Crippen LogP contribution in [0.25, 0.3) is 32.8 Å². The van der Waals surface area contributed by atoms with Crippen molar-refractivity contribution in [3.8, 4) is 41.3 Å². The quantitative estimate of drug-likeness (QED) is 0.268. The molecule has 9 rings (SSSR count). The second kappa shape index (κ2) is 11.0. The number of fused-ring (bicyclic) bond motifs is 6. The van der Waals surface area contributed by atoms with Crippen LogP contribution >= 0.6 is 0 Å². The summed E-state index contributed by atoms with van der Waals surface area (Å²) in [5, 5.41) is 26.6. The number of nitrogens with one attached hydrogen (secondary N) is 1. The van der Waals surface area contributed by atoms with Gasteiger partial charge in [0.1, 0.15) is 17.1 Å². The molecule has 4 aromatic rings. The van der Waals surface area contributed by atoms with Crippen molar-refractivity contribution in [3.63, 3.8) is 0 Å². The van der Waals surface area contributed by atoms with Gasteiger partial charge >= 0.3 is 6.01 Å². The van der Waals surface area contributed by atoms with E-state index in [1.807, 2.05) is 19.1 Å². The predicted octanol–water partition coefficient (Wildman–Crippen LogP) is 5.03. The molecule has 1 aromatic heterocycles. The Morgan fingerprint density at radius 1 is 1.17 bits per heavy atom. The fourth-order valence-electron chi connectivity index (χ4n) is 8.60. The third-order valence-electron chi connectivity index (χ3n) is 11.3. The summed E-state index contributed by atoms with van der Waals surface area (Å²) in [7, 11) is 0. The number of terminal acetylenes is 1. The third-order valence-corrected chi connectivity index (χ3v) is 11.3. The zero-order valence-electron chi connectivity index (χ0n) is 26.9. The first-order valence-corrected chi connectivity index (χ1v) is 17.0. The van der Waals surface area contributed by atoms with Gasteiger partial charge in [-0.1, -0.05) is 18.1 Å². The Morgan fingerprint density at radius 2 is 1.98 bits per heavy atom. The number of morpholine rings is 1. The van der Waals surface area contributed by atoms with Crippen LogP contribution in [-0.4, -0.2) is 83.6 Å². The molecule has 2 unspecified atom stereocenters. The first-order chi connectivity index (χ1) is 23.3. The molecule has 5 fully saturated rings. The number of aromatic hydroxyl groups is 1. The lowest BCUT2D eigenvalue weighted by Crippen LogP contribution is -2.51. The van der Waals surface area contributed by atoms with Crippen molar-refractivity contribution in [2.45, 2.75) is 63.3 Å². The molecular formula is C38H37FN6O3. The maximum atomic E-state index is 17.3. The van der Waals surface area contributed by atoms with Crippen molar-refractivity contribution in [1.82, 2.24) is 20.2 Å². The van der Waals surface area contributed by atoms with Gasteiger partial charge < -0.3 is 24.8 Å². The molecule has 3 aromatic carbocycles. The van der Waals surface area contributed by atoms with Gasteiger partial charge in [-0.15, -0.1) is 6.42 Å². The molecule has 4 bridgehead atoms. The fraction of sp³-hybridized carbons (Fsp3) is 0.447. The number of phenols is 1. The monoisotopic (exact) mass is 644 g/mol. The smallest absolute Gasteiger partial charge is 0.319 e. The number of halogens is 1. The lowest BCUT2D eigenvalue weighted by atomic mass is 9.89. The van der Waals surface area contributed by atoms with E-state index in [-0.39, 0.29) is 33.8 Å². The molecule has 9 nitrogen and oxygen atoms in total. The average molecular weight is 645 g/mol. The Kier molecular flexibility index (Phi) is 6.81. The highest BCUT2D eigenvalue weighted by Gasteiger charge is 2.49. The Hall–Kier alpha value is -4.48. The predicted molar refractivity (Wildman–Crippen MR) is 181 cm³/mol. The van der Waals surface area contributed by atoms with Gasteiger partial charge in [0.15, 0.2) is 5.82 Å². The molecule has 4 atom stereocenters. The van der Waals surface area contributed by atoms with E-state index in [1.165, 1.54) is 6.07 Å². The first kappa shape index (κ1) is 29.6. The number of nitriles is 1. The van der Waals surface area contributed by atoms with Gasteiger partial charge in [-0.3, -0.25) is 4.90 Å². The normalized spacial score (nSPS) is 25.5. The molecule has 10 heteroatoms. The minimum absolute atomic E-state index is 0.0233. The number of phenolic OH excluding ortho intramolecular Hbond substituents is 1. The number of benzene rings is 3. The third kappa shape index (κ3) is 4.85. The maximum Gasteiger partial charge on any atom is 0.319 e. The van der Waals surface area contributed by atoms with E-state index in [4.69, 9.17) is 25.9 Å². The average Bonchev–Trinajstić information content (AvgIpc) is 3.34. The summed E-state index contributed by atoms with van der Waals surface area (Å²) >= 11 is 0. The van der Waals surface area contributed by atoms with E-state index in [0.717, 1.165) is 70.5 Å². The molecule has 1 aliphatic carbocycles. The van der Waals surface area contributed by atoms with Gasteiger partial charge in [0, 0.05) is 71.6 Å². The Labute approximate surface area is 278 Å². The molecule has 0 amide bonds. The molecule has 0 radical (unpaired) electrons. The van der Waals surface area contributed by atoms with Crippen LogP contribution in [0.5, 0.6) is 11.8 Å². The number of likely N-dealkylation sites (tertiary alicyclic amines) is 1. The van der Waals surface area contributed by atoms with Crippen LogP contribution < -0.4 is 15.0 Å². The minimum Gasteiger partial charge on any atom is -0.508 e. The van der Waals surface area contributed by atoms with Gasteiger partial charge in [0.25, 0.3) is 0 Å². The highest BCUT2D eigenvalue weighted by atomic mass is 19.1. The first-order valence-electron chi connectivity index (χ1n) is 17.0. The van der Waals surface area contributed by atoms with Gasteiger partial charge in [-0.2, -0.15) is 15.2 Å². The SMILES string of the molecule is C#Cc1c(C)ccc2cc(O)cc(-c3c(C#N)cc4c(N5CC6CCC(C5)N6)nc(OCC5(CN6C[C@H]7C[C@@H]6CO7)CC5)nc4c3F)c12. The second-order valence-corrected chi connectivity index (χ2v) is 14.5. The Morgan fingerprint density at radius 3 is 2.67 bits per heavy atom. The van der Waals surface area contributed by atoms with Crippen molar-refractivity contribution >= 4 is 27.5 Å². The molecule has 4 aliphatic heterocycles. The van der Waals surface area contributed by atoms with Gasteiger partial charge in [0.05, 0.1) is 31.0 Å². The summed E-state index contributed by atoms with van der Waals surface area (Å²) < 4.78 is 29.5. The standard InChI is InChI=1S/C38H37FN6O3/c1-3-29-21(2)4-5-22-10-27(46)13-30(32(22)29)33-23(14-40)11-31-35(34(33)39)42-37(43-36(31)44-15-24-6-7-25(16-44)41-24)48-20-38(8-9-38)19-45-17-28-12-26(45)18-47-28/h1,4-5,10-11,13,24-26,28,41,46H,6-9,12,15-20H2,2H3/t24?,25?,26-,28-/m1/s1. The van der Waals surface area contributed by atoms with Crippen molar-refractivity contribution in [2.24, 2.45) is 5.41 Å². The second-order valence-electron chi connectivity index (χ2n) is 14.5. The van der Waals surface area contributed by atoms with Gasteiger partial charge in [0.2, 0.25) is 0 Å². The number of anilines is 1. The van der Waals surface area contributed by atoms with Gasteiger partial charge in [-0.05, 0) is 73.7 Å². The molecule has 5 heterocycles. The molecule has 0 spiro atoms. The molecule has 4 saturated heterocycles. The zero-order valence-corrected chi connectivity index (χ0v) is 26.9. The molecule has 1 saturated carbocycles. The number of hydrogen-bond acceptors (Lipinski definition) is 9. The van der Waals surface area contributed by atoms with E-state index in [0.29, 0.717) is 63.9 Å². The number of ether oxygens (including phenoxy) is 2. The van der Waals surface area contributed by atoms with Crippen LogP contribution in [0, 0.1) is 41.8 Å². The van der Waals surface area contributed by atoms with Gasteiger partial charge in [-0.25, -0.2) is 4.39 Å². The fourth-order valence-corrected chi connectivity index (χ4v) is 8.60. The molecule has 244 valence electrons. The van der Waals surface area contributed by atoms with E-state index < -0.39 is 5.82 Å². The largest absolute Gasteiger partial charge is 0.508 e. The van der Waals surface area contributed by atoms with E-state index in [9.17, 15) is 10.4 Å². The zero-order chi connectivity index (χ0) is 32.7. The number of piperazine rings is 1. The summed E-state index contributed by atoms with van der Waals surface area (Å²) in [6.07, 6.45) is 11.7. The number of aromatic nitrogens is 2. The molecular weight excluding hydrogens is 607 g/mol.